The zero-order chi connectivity index (χ0) is 26.4. The lowest BCUT2D eigenvalue weighted by Crippen LogP contribution is -2.65. The third kappa shape index (κ3) is 5.39. The van der Waals surface area contributed by atoms with Crippen LogP contribution < -0.4 is 20.1 Å². The summed E-state index contributed by atoms with van der Waals surface area (Å²) in [6.07, 6.45) is 0.769. The van der Waals surface area contributed by atoms with Crippen LogP contribution in [0.4, 0.5) is 8.78 Å². The quantitative estimate of drug-likeness (QED) is 0.568. The van der Waals surface area contributed by atoms with Gasteiger partial charge in [0.25, 0.3) is 11.8 Å². The summed E-state index contributed by atoms with van der Waals surface area (Å²) in [5.41, 5.74) is -0.353. The summed E-state index contributed by atoms with van der Waals surface area (Å²) in [5, 5.41) is 6.64. The standard InChI is InChI=1S/C26H26ClF2N3O5/c1-24(28,29)37-16-3-4-18(30-14-16)22(34)31-25-6-9-26(10-7-25,11-8-25)32-23(35)21-13-19(33)17-12-15(27)2-5-20(17)36-21/h2-5,12,14,21H,6-11,13H2,1H3,(H,31,34)(H,32,35)/t21-,25?,26?/m0/s1. The maximum Gasteiger partial charge on any atom is 0.394 e. The Morgan fingerprint density at radius 2 is 1.73 bits per heavy atom. The van der Waals surface area contributed by atoms with Crippen molar-refractivity contribution in [1.82, 2.24) is 15.6 Å². The summed E-state index contributed by atoms with van der Waals surface area (Å²) in [6.45, 7) is 0.623. The molecule has 1 aromatic heterocycles. The Hall–Kier alpha value is -3.27. The van der Waals surface area contributed by atoms with Crippen molar-refractivity contribution in [3.8, 4) is 11.5 Å². The van der Waals surface area contributed by atoms with Crippen LogP contribution in [-0.2, 0) is 4.79 Å². The van der Waals surface area contributed by atoms with Gasteiger partial charge in [0.15, 0.2) is 11.9 Å². The number of carbonyl (C=O) groups excluding carboxylic acids is 3. The van der Waals surface area contributed by atoms with Crippen molar-refractivity contribution >= 4 is 29.2 Å². The lowest BCUT2D eigenvalue weighted by atomic mass is 9.61. The molecule has 11 heteroatoms. The van der Waals surface area contributed by atoms with Gasteiger partial charge in [-0.1, -0.05) is 11.6 Å². The number of hydrogen-bond acceptors (Lipinski definition) is 6. The fourth-order valence-corrected chi connectivity index (χ4v) is 5.60. The number of amides is 2. The maximum absolute atomic E-state index is 13.1. The molecule has 8 nitrogen and oxygen atoms in total. The van der Waals surface area contributed by atoms with Crippen LogP contribution in [0.1, 0.15) is 72.7 Å². The van der Waals surface area contributed by atoms with Gasteiger partial charge in [0.2, 0.25) is 0 Å². The highest BCUT2D eigenvalue weighted by Crippen LogP contribution is 2.47. The Labute approximate surface area is 217 Å². The van der Waals surface area contributed by atoms with Gasteiger partial charge in [-0.3, -0.25) is 14.4 Å². The molecule has 196 valence electrons. The number of rotatable bonds is 6. The molecule has 6 rings (SSSR count). The van der Waals surface area contributed by atoms with E-state index in [-0.39, 0.29) is 35.5 Å². The summed E-state index contributed by atoms with van der Waals surface area (Å²) >= 11 is 5.97. The predicted molar refractivity (Wildman–Crippen MR) is 129 cm³/mol. The smallest absolute Gasteiger partial charge is 0.394 e. The fraction of sp³-hybridized carbons (Fsp3) is 0.462. The van der Waals surface area contributed by atoms with Gasteiger partial charge in [-0.25, -0.2) is 4.98 Å². The van der Waals surface area contributed by atoms with Crippen LogP contribution in [0.15, 0.2) is 36.5 Å². The third-order valence-corrected chi connectivity index (χ3v) is 7.69. The lowest BCUT2D eigenvalue weighted by Gasteiger charge is -2.54. The highest BCUT2D eigenvalue weighted by Gasteiger charge is 2.51. The molecular weight excluding hydrogens is 508 g/mol. The Morgan fingerprint density at radius 1 is 1.08 bits per heavy atom. The number of fused-ring (bicyclic) bond motifs is 4. The fourth-order valence-electron chi connectivity index (χ4n) is 5.43. The van der Waals surface area contributed by atoms with Crippen molar-refractivity contribution in [2.24, 2.45) is 0 Å². The van der Waals surface area contributed by atoms with Gasteiger partial charge < -0.3 is 20.1 Å². The van der Waals surface area contributed by atoms with Gasteiger partial charge in [0.05, 0.1) is 18.2 Å². The van der Waals surface area contributed by atoms with E-state index in [0.717, 1.165) is 6.20 Å². The number of ketones is 1. The normalized spacial score (nSPS) is 26.6. The van der Waals surface area contributed by atoms with E-state index in [4.69, 9.17) is 16.3 Å². The zero-order valence-corrected chi connectivity index (χ0v) is 20.9. The number of nitrogens with zero attached hydrogens (tertiary/aromatic N) is 1. The molecule has 0 saturated heterocycles. The minimum absolute atomic E-state index is 0.0536. The number of halogens is 3. The molecule has 0 spiro atoms. The summed E-state index contributed by atoms with van der Waals surface area (Å²) in [4.78, 5) is 42.4. The number of pyridine rings is 1. The van der Waals surface area contributed by atoms with Crippen molar-refractivity contribution in [2.75, 3.05) is 0 Å². The molecule has 2 heterocycles. The minimum Gasteiger partial charge on any atom is -0.479 e. The second kappa shape index (κ2) is 9.24. The largest absolute Gasteiger partial charge is 0.479 e. The number of carbonyl (C=O) groups is 3. The number of alkyl halides is 2. The SMILES string of the molecule is CC(F)(F)Oc1ccc(C(=O)NC23CCC(NC(=O)[C@@H]4CC(=O)c5cc(Cl)ccc5O4)(CC2)CC3)nc1. The molecule has 2 aromatic rings. The van der Waals surface area contributed by atoms with Gasteiger partial charge >= 0.3 is 6.11 Å². The second-order valence-electron chi connectivity index (χ2n) is 10.2. The highest BCUT2D eigenvalue weighted by atomic mass is 35.5. The van der Waals surface area contributed by atoms with Crippen LogP contribution in [0.2, 0.25) is 5.02 Å². The Balaban J connectivity index is 1.18. The van der Waals surface area contributed by atoms with E-state index in [1.807, 2.05) is 0 Å². The van der Waals surface area contributed by atoms with E-state index < -0.39 is 23.3 Å². The van der Waals surface area contributed by atoms with Crippen LogP contribution in [0.25, 0.3) is 0 Å². The van der Waals surface area contributed by atoms with Gasteiger partial charge in [0.1, 0.15) is 17.2 Å². The monoisotopic (exact) mass is 533 g/mol. The molecule has 37 heavy (non-hydrogen) atoms. The molecule has 1 aromatic carbocycles. The van der Waals surface area contributed by atoms with Gasteiger partial charge in [-0.2, -0.15) is 8.78 Å². The van der Waals surface area contributed by atoms with Crippen LogP contribution in [0, 0.1) is 0 Å². The zero-order valence-electron chi connectivity index (χ0n) is 20.1. The summed E-state index contributed by atoms with van der Waals surface area (Å²) < 4.78 is 36.3. The molecule has 0 unspecified atom stereocenters. The van der Waals surface area contributed by atoms with Crippen LogP contribution in [0.5, 0.6) is 11.5 Å². The second-order valence-corrected chi connectivity index (χ2v) is 10.6. The molecule has 1 aliphatic heterocycles. The predicted octanol–water partition coefficient (Wildman–Crippen LogP) is 4.45. The molecular formula is C26H26ClF2N3O5. The van der Waals surface area contributed by atoms with Crippen molar-refractivity contribution in [3.63, 3.8) is 0 Å². The Bertz CT molecular complexity index is 1220. The number of aromatic nitrogens is 1. The average Bonchev–Trinajstić information content (AvgIpc) is 2.85. The molecule has 2 amide bonds. The van der Waals surface area contributed by atoms with E-state index in [9.17, 15) is 23.2 Å². The molecule has 2 bridgehead atoms. The molecule has 1 atom stereocenters. The number of hydrogen-bond donors (Lipinski definition) is 2. The number of Topliss-reactive ketones (excluding diaryl/α,β-unsaturated/α-hetero) is 1. The van der Waals surface area contributed by atoms with Crippen molar-refractivity contribution in [1.29, 1.82) is 0 Å². The topological polar surface area (TPSA) is 107 Å². The van der Waals surface area contributed by atoms with Gasteiger partial charge in [0, 0.05) is 23.0 Å². The van der Waals surface area contributed by atoms with Crippen molar-refractivity contribution in [2.45, 2.75) is 75.2 Å². The molecule has 3 fully saturated rings. The third-order valence-electron chi connectivity index (χ3n) is 7.45. The van der Waals surface area contributed by atoms with Gasteiger partial charge in [-0.15, -0.1) is 0 Å². The minimum atomic E-state index is -3.34. The lowest BCUT2D eigenvalue weighted by molar-refractivity contribution is -0.159. The number of ether oxygens (including phenoxy) is 2. The van der Waals surface area contributed by atoms with Crippen LogP contribution in [0.3, 0.4) is 0 Å². The average molecular weight is 534 g/mol. The van der Waals surface area contributed by atoms with E-state index in [1.165, 1.54) is 12.1 Å². The highest BCUT2D eigenvalue weighted by molar-refractivity contribution is 6.31. The molecule has 2 N–H and O–H groups in total. The molecule has 3 aliphatic carbocycles. The van der Waals surface area contributed by atoms with Crippen molar-refractivity contribution in [3.05, 3.63) is 52.8 Å². The molecule has 4 aliphatic rings. The van der Waals surface area contributed by atoms with Crippen LogP contribution in [-0.4, -0.2) is 45.9 Å². The van der Waals surface area contributed by atoms with E-state index in [1.54, 1.807) is 18.2 Å². The first-order chi connectivity index (χ1) is 17.4. The van der Waals surface area contributed by atoms with Crippen LogP contribution >= 0.6 is 11.6 Å². The van der Waals surface area contributed by atoms with E-state index in [2.05, 4.69) is 20.4 Å². The first-order valence-electron chi connectivity index (χ1n) is 12.1. The Kier molecular flexibility index (Phi) is 6.34. The summed E-state index contributed by atoms with van der Waals surface area (Å²) in [6, 6.07) is 7.39. The maximum atomic E-state index is 13.1. The van der Waals surface area contributed by atoms with Crippen molar-refractivity contribution < 1.29 is 32.6 Å². The number of benzene rings is 1. The Morgan fingerprint density at radius 3 is 2.32 bits per heavy atom. The van der Waals surface area contributed by atoms with Gasteiger partial charge in [-0.05, 0) is 68.9 Å². The summed E-state index contributed by atoms with van der Waals surface area (Å²) in [7, 11) is 0. The van der Waals surface area contributed by atoms with E-state index in [0.29, 0.717) is 61.8 Å². The first-order valence-corrected chi connectivity index (χ1v) is 12.5. The number of nitrogens with one attached hydrogen (secondary N) is 2. The first kappa shape index (κ1) is 25.4. The summed E-state index contributed by atoms with van der Waals surface area (Å²) in [5.74, 6) is -0.678. The molecule has 0 radical (unpaired) electrons. The van der Waals surface area contributed by atoms with E-state index >= 15 is 0 Å². The molecule has 3 saturated carbocycles.